The van der Waals surface area contributed by atoms with E-state index in [1.807, 2.05) is 30.3 Å². The molecule has 1 unspecified atom stereocenters. The maximum atomic E-state index is 13.2. The number of benzene rings is 1. The molecular weight excluding hydrogens is 474 g/mol. The molecule has 0 bridgehead atoms. The van der Waals surface area contributed by atoms with Gasteiger partial charge in [0.05, 0.1) is 18.4 Å². The van der Waals surface area contributed by atoms with Crippen LogP contribution in [0.3, 0.4) is 0 Å². The lowest BCUT2D eigenvalue weighted by Gasteiger charge is -2.28. The molecule has 1 aromatic carbocycles. The molecular formula is C24H41N3O5S2. The minimum atomic E-state index is -3.27. The van der Waals surface area contributed by atoms with Crippen molar-refractivity contribution in [2.45, 2.75) is 64.3 Å². The van der Waals surface area contributed by atoms with Crippen LogP contribution in [0.15, 0.2) is 30.3 Å². The van der Waals surface area contributed by atoms with Crippen LogP contribution in [0.4, 0.5) is 0 Å². The second-order valence-corrected chi connectivity index (χ2v) is 11.6. The molecule has 0 saturated heterocycles. The summed E-state index contributed by atoms with van der Waals surface area (Å²) in [6.07, 6.45) is 1.54. The van der Waals surface area contributed by atoms with Gasteiger partial charge in [-0.3, -0.25) is 9.59 Å². The summed E-state index contributed by atoms with van der Waals surface area (Å²) >= 11 is 4.23. The summed E-state index contributed by atoms with van der Waals surface area (Å²) in [5.41, 5.74) is 6.91. The number of hydrogen-bond acceptors (Lipinski definition) is 8. The van der Waals surface area contributed by atoms with Gasteiger partial charge in [0.15, 0.2) is 5.78 Å². The smallest absolute Gasteiger partial charge is 0.250 e. The van der Waals surface area contributed by atoms with Gasteiger partial charge in [-0.15, -0.1) is 0 Å². The minimum absolute atomic E-state index is 0.0177. The molecule has 0 radical (unpaired) electrons. The van der Waals surface area contributed by atoms with Gasteiger partial charge in [0.1, 0.15) is 15.9 Å². The first-order chi connectivity index (χ1) is 16.0. The molecule has 4 N–H and O–H groups in total. The van der Waals surface area contributed by atoms with Crippen LogP contribution < -0.4 is 16.4 Å². The van der Waals surface area contributed by atoms with E-state index in [9.17, 15) is 18.0 Å². The highest BCUT2D eigenvalue weighted by Crippen LogP contribution is 2.13. The Morgan fingerprint density at radius 2 is 1.85 bits per heavy atom. The van der Waals surface area contributed by atoms with Gasteiger partial charge in [-0.25, -0.2) is 8.42 Å². The quantitative estimate of drug-likeness (QED) is 0.231. The van der Waals surface area contributed by atoms with Crippen molar-refractivity contribution in [1.29, 1.82) is 0 Å². The molecule has 0 aliphatic rings. The zero-order chi connectivity index (χ0) is 25.7. The first-order valence-corrected chi connectivity index (χ1v) is 14.4. The fraction of sp³-hybridized carbons (Fsp3) is 0.667. The fourth-order valence-corrected chi connectivity index (χ4v) is 4.12. The molecule has 0 spiro atoms. The maximum Gasteiger partial charge on any atom is 0.250 e. The van der Waals surface area contributed by atoms with Gasteiger partial charge in [0, 0.05) is 37.1 Å². The Morgan fingerprint density at radius 3 is 2.38 bits per heavy atom. The van der Waals surface area contributed by atoms with Crippen molar-refractivity contribution in [2.75, 3.05) is 30.9 Å². The fourth-order valence-electron chi connectivity index (χ4n) is 3.33. The molecule has 1 rings (SSSR count). The van der Waals surface area contributed by atoms with E-state index >= 15 is 0 Å². The molecule has 10 heteroatoms. The number of Topliss-reactive ketones (excluding diaryl/α,β-unsaturated/α-hetero) is 1. The molecule has 0 saturated carbocycles. The van der Waals surface area contributed by atoms with Gasteiger partial charge in [0.25, 0.3) is 0 Å². The Hall–Kier alpha value is -1.46. The highest BCUT2D eigenvalue weighted by atomic mass is 32.2. The zero-order valence-electron chi connectivity index (χ0n) is 20.7. The Bertz CT molecular complexity index is 851. The molecule has 0 fully saturated rings. The lowest BCUT2D eigenvalue weighted by atomic mass is 9.99. The van der Waals surface area contributed by atoms with Crippen LogP contribution in [0.1, 0.15) is 39.2 Å². The molecule has 34 heavy (non-hydrogen) atoms. The Balaban J connectivity index is 2.97. The van der Waals surface area contributed by atoms with Gasteiger partial charge in [-0.1, -0.05) is 50.6 Å². The van der Waals surface area contributed by atoms with Crippen LogP contribution in [0.5, 0.6) is 0 Å². The van der Waals surface area contributed by atoms with Gasteiger partial charge < -0.3 is 21.1 Å². The average molecular weight is 516 g/mol. The van der Waals surface area contributed by atoms with Crippen LogP contribution in [0.2, 0.25) is 0 Å². The Labute approximate surface area is 210 Å². The zero-order valence-corrected chi connectivity index (χ0v) is 22.4. The van der Waals surface area contributed by atoms with Gasteiger partial charge >= 0.3 is 0 Å². The van der Waals surface area contributed by atoms with Crippen LogP contribution in [-0.4, -0.2) is 75.3 Å². The topological polar surface area (TPSA) is 128 Å². The van der Waals surface area contributed by atoms with Crippen LogP contribution in [0.25, 0.3) is 0 Å². The lowest BCUT2D eigenvalue weighted by Crippen LogP contribution is -2.49. The number of hydrogen-bond donors (Lipinski definition) is 4. The highest BCUT2D eigenvalue weighted by molar-refractivity contribution is 7.90. The summed E-state index contributed by atoms with van der Waals surface area (Å²) in [4.78, 5) is 25.2. The number of nitrogens with one attached hydrogen (secondary N) is 2. The first-order valence-electron chi connectivity index (χ1n) is 11.7. The summed E-state index contributed by atoms with van der Waals surface area (Å²) < 4.78 is 29.2. The van der Waals surface area contributed by atoms with Crippen molar-refractivity contribution >= 4 is 34.2 Å². The van der Waals surface area contributed by atoms with E-state index in [1.54, 1.807) is 0 Å². The van der Waals surface area contributed by atoms with Crippen molar-refractivity contribution in [3.63, 3.8) is 0 Å². The standard InChI is InChI=1S/C24H41N3O5S2/c1-5-17(2)22(26-14-20(25)16-33)15-32-23(13-19-9-7-6-8-10-19)24(29)27-21(18(3)28)11-12-34(4,30)31/h6-10,17,20-23,26,33H,5,11-16,25H2,1-4H3,(H,27,29)/t17?,20-,21+,22-,23+/m1/s1. The molecule has 1 amide bonds. The maximum absolute atomic E-state index is 13.2. The Morgan fingerprint density at radius 1 is 1.21 bits per heavy atom. The second-order valence-electron chi connectivity index (χ2n) is 8.95. The monoisotopic (exact) mass is 515 g/mol. The minimum Gasteiger partial charge on any atom is -0.366 e. The number of ketones is 1. The van der Waals surface area contributed by atoms with E-state index in [2.05, 4.69) is 37.1 Å². The number of carbonyl (C=O) groups is 2. The summed E-state index contributed by atoms with van der Waals surface area (Å²) in [6, 6.07) is 8.48. The van der Waals surface area contributed by atoms with Gasteiger partial charge in [-0.05, 0) is 24.8 Å². The molecule has 1 aromatic rings. The van der Waals surface area contributed by atoms with Crippen molar-refractivity contribution < 1.29 is 22.7 Å². The molecule has 194 valence electrons. The van der Waals surface area contributed by atoms with E-state index in [1.165, 1.54) is 6.92 Å². The number of nitrogens with two attached hydrogens (primary N) is 1. The van der Waals surface area contributed by atoms with Crippen molar-refractivity contribution in [3.05, 3.63) is 35.9 Å². The summed E-state index contributed by atoms with van der Waals surface area (Å²) in [7, 11) is -3.27. The van der Waals surface area contributed by atoms with Gasteiger partial charge in [0.2, 0.25) is 5.91 Å². The van der Waals surface area contributed by atoms with Crippen molar-refractivity contribution in [1.82, 2.24) is 10.6 Å². The van der Waals surface area contributed by atoms with Crippen LogP contribution >= 0.6 is 12.6 Å². The number of thiol groups is 1. The Kier molecular flexibility index (Phi) is 14.0. The molecule has 5 atom stereocenters. The largest absolute Gasteiger partial charge is 0.366 e. The number of sulfone groups is 1. The van der Waals surface area contributed by atoms with Crippen molar-refractivity contribution in [2.24, 2.45) is 11.7 Å². The van der Waals surface area contributed by atoms with Crippen LogP contribution in [-0.2, 0) is 30.6 Å². The highest BCUT2D eigenvalue weighted by Gasteiger charge is 2.27. The third kappa shape index (κ3) is 12.3. The predicted molar refractivity (Wildman–Crippen MR) is 140 cm³/mol. The number of carbonyl (C=O) groups excluding carboxylic acids is 2. The van der Waals surface area contributed by atoms with E-state index < -0.39 is 27.9 Å². The summed E-state index contributed by atoms with van der Waals surface area (Å²) in [5, 5.41) is 6.13. The summed E-state index contributed by atoms with van der Waals surface area (Å²) in [5.74, 6) is -0.0807. The number of amides is 1. The molecule has 0 aliphatic heterocycles. The summed E-state index contributed by atoms with van der Waals surface area (Å²) in [6.45, 7) is 6.40. The van der Waals surface area contributed by atoms with E-state index in [0.29, 0.717) is 18.7 Å². The van der Waals surface area contributed by atoms with E-state index in [0.717, 1.165) is 18.2 Å². The predicted octanol–water partition coefficient (Wildman–Crippen LogP) is 1.38. The normalized spacial score (nSPS) is 16.3. The molecule has 0 heterocycles. The van der Waals surface area contributed by atoms with Crippen LogP contribution in [0, 0.1) is 5.92 Å². The second kappa shape index (κ2) is 15.5. The van der Waals surface area contributed by atoms with E-state index in [-0.39, 0.29) is 42.6 Å². The lowest BCUT2D eigenvalue weighted by molar-refractivity contribution is -0.136. The number of ether oxygens (including phenoxy) is 1. The SMILES string of the molecule is CCC(C)[C@@H](CO[C@@H](Cc1ccccc1)C(=O)N[C@@H](CCS(C)(=O)=O)C(C)=O)NC[C@@H](N)CS. The third-order valence-electron chi connectivity index (χ3n) is 5.83. The molecule has 0 aromatic heterocycles. The van der Waals surface area contributed by atoms with Crippen molar-refractivity contribution in [3.8, 4) is 0 Å². The number of rotatable bonds is 17. The van der Waals surface area contributed by atoms with Gasteiger partial charge in [-0.2, -0.15) is 12.6 Å². The molecule has 8 nitrogen and oxygen atoms in total. The third-order valence-corrected chi connectivity index (χ3v) is 7.27. The first kappa shape index (κ1) is 30.6. The average Bonchev–Trinajstić information content (AvgIpc) is 2.79. The molecule has 0 aliphatic carbocycles. The van der Waals surface area contributed by atoms with E-state index in [4.69, 9.17) is 10.5 Å².